The van der Waals surface area contributed by atoms with E-state index in [1.165, 1.54) is 12.1 Å². The zero-order valence-electron chi connectivity index (χ0n) is 23.2. The van der Waals surface area contributed by atoms with E-state index >= 15 is 0 Å². The molecule has 14 heteroatoms. The van der Waals surface area contributed by atoms with Crippen molar-refractivity contribution in [1.82, 2.24) is 19.5 Å². The summed E-state index contributed by atoms with van der Waals surface area (Å²) in [6.45, 7) is 6.85. The van der Waals surface area contributed by atoms with E-state index in [2.05, 4.69) is 27.5 Å². The number of hydrogen-bond donors (Lipinski definition) is 2. The van der Waals surface area contributed by atoms with Crippen LogP contribution in [0.15, 0.2) is 30.3 Å². The van der Waals surface area contributed by atoms with E-state index in [9.17, 15) is 13.2 Å². The predicted octanol–water partition coefficient (Wildman–Crippen LogP) is 2.35. The molecule has 1 aromatic carbocycles. The van der Waals surface area contributed by atoms with Crippen LogP contribution >= 0.6 is 11.6 Å². The van der Waals surface area contributed by atoms with Gasteiger partial charge in [-0.2, -0.15) is 9.61 Å². The van der Waals surface area contributed by atoms with Crippen LogP contribution in [-0.2, 0) is 14.8 Å². The fraction of sp³-hybridized carbons (Fsp3) is 0.519. The number of benzene rings is 1. The van der Waals surface area contributed by atoms with E-state index < -0.39 is 10.0 Å². The van der Waals surface area contributed by atoms with Crippen LogP contribution in [0.25, 0.3) is 5.65 Å². The molecular weight excluding hydrogens is 568 g/mol. The van der Waals surface area contributed by atoms with Crippen molar-refractivity contribution in [3.63, 3.8) is 0 Å². The lowest BCUT2D eigenvalue weighted by atomic mass is 9.91. The maximum Gasteiger partial charge on any atom is 0.256 e. The Morgan fingerprint density at radius 2 is 1.85 bits per heavy atom. The number of amides is 1. The number of likely N-dealkylation sites (tertiary alicyclic amines) is 1. The number of carbonyl (C=O) groups excluding carboxylic acids is 1. The van der Waals surface area contributed by atoms with Gasteiger partial charge in [-0.15, -0.1) is 0 Å². The average molecular weight is 603 g/mol. The van der Waals surface area contributed by atoms with Crippen LogP contribution < -0.4 is 20.3 Å². The summed E-state index contributed by atoms with van der Waals surface area (Å²) in [5.74, 6) is 1.75. The van der Waals surface area contributed by atoms with Crippen LogP contribution in [0.4, 0.5) is 17.3 Å². The Morgan fingerprint density at radius 3 is 2.56 bits per heavy atom. The van der Waals surface area contributed by atoms with E-state index in [1.54, 1.807) is 11.0 Å². The summed E-state index contributed by atoms with van der Waals surface area (Å²) >= 11 is 6.27. The van der Waals surface area contributed by atoms with Gasteiger partial charge < -0.3 is 25.2 Å². The van der Waals surface area contributed by atoms with Crippen molar-refractivity contribution in [2.75, 3.05) is 66.7 Å². The minimum absolute atomic E-state index is 0.137. The number of fused-ring (bicyclic) bond motifs is 1. The molecule has 220 valence electrons. The van der Waals surface area contributed by atoms with E-state index in [0.29, 0.717) is 36.8 Å². The minimum Gasteiger partial charge on any atom is -0.378 e. The van der Waals surface area contributed by atoms with Crippen LogP contribution in [0.1, 0.15) is 41.9 Å². The molecule has 3 aliphatic rings. The molecule has 0 radical (unpaired) electrons. The highest BCUT2D eigenvalue weighted by Crippen LogP contribution is 2.37. The Morgan fingerprint density at radius 1 is 1.10 bits per heavy atom. The van der Waals surface area contributed by atoms with Gasteiger partial charge in [0.05, 0.1) is 42.5 Å². The molecular formula is C27H35ClN8O4S. The number of carbonyl (C=O) groups is 1. The number of piperidine rings is 1. The third kappa shape index (κ3) is 5.81. The zero-order chi connectivity index (χ0) is 28.9. The van der Waals surface area contributed by atoms with E-state index in [4.69, 9.17) is 32.2 Å². The third-order valence-electron chi connectivity index (χ3n) is 7.91. The quantitative estimate of drug-likeness (QED) is 0.435. The maximum atomic E-state index is 14.1. The first-order chi connectivity index (χ1) is 19.6. The van der Waals surface area contributed by atoms with Gasteiger partial charge in [0.15, 0.2) is 5.65 Å². The Hall–Kier alpha value is -3.13. The number of aromatic nitrogens is 3. The molecule has 0 saturated carbocycles. The molecule has 3 aliphatic heterocycles. The van der Waals surface area contributed by atoms with Gasteiger partial charge in [0.1, 0.15) is 11.6 Å². The highest BCUT2D eigenvalue weighted by atomic mass is 35.5. The fourth-order valence-corrected chi connectivity index (χ4v) is 6.58. The second kappa shape index (κ2) is 10.9. The van der Waals surface area contributed by atoms with Gasteiger partial charge in [-0.3, -0.25) is 9.52 Å². The van der Waals surface area contributed by atoms with Gasteiger partial charge in [-0.25, -0.2) is 13.4 Å². The number of ether oxygens (including phenoxy) is 1. The largest absolute Gasteiger partial charge is 0.378 e. The molecule has 0 bridgehead atoms. The number of hydrogen-bond acceptors (Lipinski definition) is 9. The minimum atomic E-state index is -3.61. The molecule has 3 fully saturated rings. The molecule has 0 unspecified atom stereocenters. The second-order valence-electron chi connectivity index (χ2n) is 11.3. The van der Waals surface area contributed by atoms with Crippen LogP contribution in [0.2, 0.25) is 5.02 Å². The van der Waals surface area contributed by atoms with Crippen molar-refractivity contribution in [1.29, 1.82) is 0 Å². The lowest BCUT2D eigenvalue weighted by molar-refractivity contribution is 0.0538. The molecule has 3 saturated heterocycles. The second-order valence-corrected chi connectivity index (χ2v) is 13.5. The maximum absolute atomic E-state index is 14.1. The SMILES string of the molecule is C[C@H]1CC[C@@H](c2cc3nc(N4CC(N)C4)cc(N4CCOCC4)n3n2)N(C(=O)c2cc(Cl)ccc2NS(C)(=O)=O)C1. The summed E-state index contributed by atoms with van der Waals surface area (Å²) in [4.78, 5) is 25.2. The highest BCUT2D eigenvalue weighted by molar-refractivity contribution is 7.92. The van der Waals surface area contributed by atoms with Crippen LogP contribution in [0, 0.1) is 5.92 Å². The fourth-order valence-electron chi connectivity index (χ4n) is 5.83. The Kier molecular flexibility index (Phi) is 7.47. The first-order valence-electron chi connectivity index (χ1n) is 13.9. The molecule has 3 N–H and O–H groups in total. The smallest absolute Gasteiger partial charge is 0.256 e. The molecule has 2 atom stereocenters. The molecule has 41 heavy (non-hydrogen) atoms. The molecule has 5 heterocycles. The van der Waals surface area contributed by atoms with Gasteiger partial charge in [-0.05, 0) is 37.0 Å². The van der Waals surface area contributed by atoms with Crippen molar-refractivity contribution >= 4 is 50.5 Å². The lowest BCUT2D eigenvalue weighted by Gasteiger charge is -2.38. The summed E-state index contributed by atoms with van der Waals surface area (Å²) in [5, 5.41) is 5.37. The van der Waals surface area contributed by atoms with Crippen molar-refractivity contribution in [3.8, 4) is 0 Å². The monoisotopic (exact) mass is 602 g/mol. The number of anilines is 3. The number of morpholine rings is 1. The molecule has 6 rings (SSSR count). The lowest BCUT2D eigenvalue weighted by Crippen LogP contribution is -2.56. The van der Waals surface area contributed by atoms with Gasteiger partial charge in [0.2, 0.25) is 10.0 Å². The van der Waals surface area contributed by atoms with Crippen LogP contribution in [0.3, 0.4) is 0 Å². The number of rotatable bonds is 6. The van der Waals surface area contributed by atoms with Crippen molar-refractivity contribution in [3.05, 3.63) is 46.6 Å². The molecule has 3 aromatic rings. The average Bonchev–Trinajstić information content (AvgIpc) is 3.35. The summed E-state index contributed by atoms with van der Waals surface area (Å²) < 4.78 is 34.0. The van der Waals surface area contributed by atoms with Gasteiger partial charge >= 0.3 is 0 Å². The topological polar surface area (TPSA) is 138 Å². The summed E-state index contributed by atoms with van der Waals surface area (Å²) in [6.07, 6.45) is 2.69. The molecule has 1 amide bonds. The third-order valence-corrected chi connectivity index (χ3v) is 8.74. The number of halogens is 1. The summed E-state index contributed by atoms with van der Waals surface area (Å²) in [6, 6.07) is 8.43. The molecule has 0 aliphatic carbocycles. The normalized spacial score (nSPS) is 22.2. The number of sulfonamides is 1. The van der Waals surface area contributed by atoms with E-state index in [0.717, 1.165) is 56.2 Å². The van der Waals surface area contributed by atoms with Gasteiger partial charge in [0, 0.05) is 55.9 Å². The van der Waals surface area contributed by atoms with E-state index in [1.807, 2.05) is 10.6 Å². The van der Waals surface area contributed by atoms with Crippen molar-refractivity contribution < 1.29 is 17.9 Å². The number of nitrogens with one attached hydrogen (secondary N) is 1. The zero-order valence-corrected chi connectivity index (χ0v) is 24.7. The Bertz CT molecular complexity index is 1570. The predicted molar refractivity (Wildman–Crippen MR) is 158 cm³/mol. The standard InChI is InChI=1S/C27H35ClN8O4S/c1-17-3-6-23(35(14-17)27(37)20-11-18(28)4-5-21(20)32-41(2,38)39)22-12-25-30-24(34-15-19(29)16-34)13-26(36(25)31-22)33-7-9-40-10-8-33/h4-5,11-13,17,19,23,32H,3,6-10,14-16,29H2,1-2H3/t17-,23-/m0/s1. The molecule has 12 nitrogen and oxygen atoms in total. The molecule has 2 aromatic heterocycles. The summed E-state index contributed by atoms with van der Waals surface area (Å²) in [7, 11) is -3.61. The number of nitrogens with zero attached hydrogens (tertiary/aromatic N) is 6. The van der Waals surface area contributed by atoms with Gasteiger partial charge in [-0.1, -0.05) is 18.5 Å². The van der Waals surface area contributed by atoms with Crippen LogP contribution in [-0.4, -0.2) is 92.1 Å². The van der Waals surface area contributed by atoms with Crippen molar-refractivity contribution in [2.24, 2.45) is 11.7 Å². The van der Waals surface area contributed by atoms with Gasteiger partial charge in [0.25, 0.3) is 5.91 Å². The first kappa shape index (κ1) is 28.0. The van der Waals surface area contributed by atoms with Crippen LogP contribution in [0.5, 0.6) is 0 Å². The molecule has 0 spiro atoms. The Balaban J connectivity index is 1.40. The number of nitrogens with two attached hydrogens (primary N) is 1. The summed E-state index contributed by atoms with van der Waals surface area (Å²) in [5.41, 5.74) is 7.90. The first-order valence-corrected chi connectivity index (χ1v) is 16.1. The Labute approximate surface area is 244 Å². The van der Waals surface area contributed by atoms with E-state index in [-0.39, 0.29) is 35.2 Å². The van der Waals surface area contributed by atoms with Crippen molar-refractivity contribution in [2.45, 2.75) is 31.8 Å². The highest BCUT2D eigenvalue weighted by Gasteiger charge is 2.35.